The molecular formula is C13H9BrClFIN. The standard InChI is InChI=1S/C13H9BrClFIN/c14-9-2-1-8(11(15)5-9)7-18-13-4-3-10(16)6-12(13)17/h1-6,18H,7H2. The molecule has 0 aromatic heterocycles. The molecule has 18 heavy (non-hydrogen) atoms. The van der Waals surface area contributed by atoms with E-state index in [4.69, 9.17) is 11.6 Å². The Morgan fingerprint density at radius 2 is 2.00 bits per heavy atom. The van der Waals surface area contributed by atoms with Gasteiger partial charge < -0.3 is 5.32 Å². The maximum Gasteiger partial charge on any atom is 0.124 e. The molecule has 0 saturated heterocycles. The first-order valence-electron chi connectivity index (χ1n) is 5.19. The second-order valence-corrected chi connectivity index (χ2v) is 6.20. The van der Waals surface area contributed by atoms with Crippen molar-refractivity contribution >= 4 is 55.8 Å². The molecule has 5 heteroatoms. The van der Waals surface area contributed by atoms with E-state index < -0.39 is 0 Å². The molecule has 2 aromatic rings. The summed E-state index contributed by atoms with van der Waals surface area (Å²) in [6.45, 7) is 0.605. The van der Waals surface area contributed by atoms with E-state index in [0.29, 0.717) is 11.6 Å². The van der Waals surface area contributed by atoms with Gasteiger partial charge in [-0.05, 0) is 58.5 Å². The highest BCUT2D eigenvalue weighted by molar-refractivity contribution is 14.1. The van der Waals surface area contributed by atoms with Crippen LogP contribution < -0.4 is 5.32 Å². The zero-order valence-corrected chi connectivity index (χ0v) is 13.7. The summed E-state index contributed by atoms with van der Waals surface area (Å²) >= 11 is 11.6. The Labute approximate surface area is 132 Å². The summed E-state index contributed by atoms with van der Waals surface area (Å²) in [6, 6.07) is 10.4. The second-order valence-electron chi connectivity index (χ2n) is 3.71. The largest absolute Gasteiger partial charge is 0.380 e. The Hall–Kier alpha value is -0.330. The highest BCUT2D eigenvalue weighted by Gasteiger charge is 2.04. The average molecular weight is 440 g/mol. The molecule has 2 aromatic carbocycles. The molecule has 0 unspecified atom stereocenters. The van der Waals surface area contributed by atoms with Crippen LogP contribution in [0.2, 0.25) is 5.02 Å². The fraction of sp³-hybridized carbons (Fsp3) is 0.0769. The van der Waals surface area contributed by atoms with Gasteiger partial charge in [0.25, 0.3) is 0 Å². The lowest BCUT2D eigenvalue weighted by molar-refractivity contribution is 0.627. The predicted molar refractivity (Wildman–Crippen MR) is 85.6 cm³/mol. The van der Waals surface area contributed by atoms with Crippen molar-refractivity contribution in [1.82, 2.24) is 0 Å². The van der Waals surface area contributed by atoms with E-state index in [2.05, 4.69) is 43.8 Å². The third kappa shape index (κ3) is 3.59. The highest BCUT2D eigenvalue weighted by Crippen LogP contribution is 2.24. The zero-order chi connectivity index (χ0) is 13.1. The third-order valence-corrected chi connectivity index (χ3v) is 4.15. The molecule has 0 fully saturated rings. The van der Waals surface area contributed by atoms with Crippen LogP contribution in [-0.2, 0) is 6.54 Å². The molecule has 0 heterocycles. The lowest BCUT2D eigenvalue weighted by Crippen LogP contribution is -2.01. The van der Waals surface area contributed by atoms with Gasteiger partial charge in [0.1, 0.15) is 5.82 Å². The molecule has 0 atom stereocenters. The van der Waals surface area contributed by atoms with Crippen molar-refractivity contribution in [2.45, 2.75) is 6.54 Å². The smallest absolute Gasteiger partial charge is 0.124 e. The lowest BCUT2D eigenvalue weighted by Gasteiger charge is -2.10. The normalized spacial score (nSPS) is 10.4. The number of rotatable bonds is 3. The summed E-state index contributed by atoms with van der Waals surface area (Å²) in [5.41, 5.74) is 1.90. The molecule has 1 N–H and O–H groups in total. The van der Waals surface area contributed by atoms with Crippen molar-refractivity contribution in [1.29, 1.82) is 0 Å². The summed E-state index contributed by atoms with van der Waals surface area (Å²) in [5, 5.41) is 3.95. The summed E-state index contributed by atoms with van der Waals surface area (Å²) in [6.07, 6.45) is 0. The molecule has 2 rings (SSSR count). The molecule has 94 valence electrons. The average Bonchev–Trinajstić information content (AvgIpc) is 2.30. The van der Waals surface area contributed by atoms with Gasteiger partial charge in [0.05, 0.1) is 0 Å². The van der Waals surface area contributed by atoms with Crippen molar-refractivity contribution in [2.75, 3.05) is 5.32 Å². The van der Waals surface area contributed by atoms with Gasteiger partial charge >= 0.3 is 0 Å². The molecule has 0 aliphatic carbocycles. The van der Waals surface area contributed by atoms with Crippen molar-refractivity contribution < 1.29 is 4.39 Å². The van der Waals surface area contributed by atoms with Crippen LogP contribution in [0.3, 0.4) is 0 Å². The Bertz CT molecular complexity index is 525. The first-order chi connectivity index (χ1) is 8.56. The quantitative estimate of drug-likeness (QED) is 0.625. The van der Waals surface area contributed by atoms with E-state index in [1.165, 1.54) is 12.1 Å². The fourth-order valence-electron chi connectivity index (χ4n) is 1.49. The van der Waals surface area contributed by atoms with Crippen LogP contribution >= 0.6 is 50.1 Å². The number of halogens is 4. The number of anilines is 1. The van der Waals surface area contributed by atoms with Crippen LogP contribution in [0.25, 0.3) is 0 Å². The minimum atomic E-state index is -0.230. The van der Waals surface area contributed by atoms with Gasteiger partial charge in [0, 0.05) is 25.3 Å². The molecule has 0 saturated carbocycles. The van der Waals surface area contributed by atoms with Crippen LogP contribution in [0.4, 0.5) is 10.1 Å². The second kappa shape index (κ2) is 6.21. The van der Waals surface area contributed by atoms with Crippen molar-refractivity contribution in [3.8, 4) is 0 Å². The van der Waals surface area contributed by atoms with Crippen molar-refractivity contribution in [2.24, 2.45) is 0 Å². The molecule has 0 amide bonds. The molecule has 0 spiro atoms. The van der Waals surface area contributed by atoms with Gasteiger partial charge in [-0.1, -0.05) is 33.6 Å². The van der Waals surface area contributed by atoms with Crippen LogP contribution in [0.1, 0.15) is 5.56 Å². The monoisotopic (exact) mass is 439 g/mol. The Kier molecular flexibility index (Phi) is 4.86. The van der Waals surface area contributed by atoms with Gasteiger partial charge in [0.2, 0.25) is 0 Å². The molecule has 0 radical (unpaired) electrons. The molecule has 0 aliphatic heterocycles. The van der Waals surface area contributed by atoms with Crippen molar-refractivity contribution in [3.63, 3.8) is 0 Å². The number of nitrogens with one attached hydrogen (secondary N) is 1. The maximum absolute atomic E-state index is 13.0. The summed E-state index contributed by atoms with van der Waals surface area (Å²) in [7, 11) is 0. The molecule has 0 aliphatic rings. The minimum absolute atomic E-state index is 0.230. The first kappa shape index (κ1) is 14.1. The van der Waals surface area contributed by atoms with Crippen LogP contribution in [0, 0.1) is 9.39 Å². The Balaban J connectivity index is 2.11. The Morgan fingerprint density at radius 3 is 2.67 bits per heavy atom. The van der Waals surface area contributed by atoms with Gasteiger partial charge in [-0.25, -0.2) is 4.39 Å². The summed E-state index contributed by atoms with van der Waals surface area (Å²) < 4.78 is 14.8. The molecular weight excluding hydrogens is 431 g/mol. The van der Waals surface area contributed by atoms with Gasteiger partial charge in [0.15, 0.2) is 0 Å². The van der Waals surface area contributed by atoms with Crippen LogP contribution in [0.15, 0.2) is 40.9 Å². The van der Waals surface area contributed by atoms with E-state index >= 15 is 0 Å². The Morgan fingerprint density at radius 1 is 1.22 bits per heavy atom. The van der Waals surface area contributed by atoms with Gasteiger partial charge in [-0.3, -0.25) is 0 Å². The maximum atomic E-state index is 13.0. The highest BCUT2D eigenvalue weighted by atomic mass is 127. The van der Waals surface area contributed by atoms with Crippen molar-refractivity contribution in [3.05, 3.63) is 60.8 Å². The van der Waals surface area contributed by atoms with E-state index in [9.17, 15) is 4.39 Å². The summed E-state index contributed by atoms with van der Waals surface area (Å²) in [4.78, 5) is 0. The minimum Gasteiger partial charge on any atom is -0.380 e. The van der Waals surface area contributed by atoms with Gasteiger partial charge in [-0.15, -0.1) is 0 Å². The van der Waals surface area contributed by atoms with E-state index in [1.807, 2.05) is 18.2 Å². The zero-order valence-electron chi connectivity index (χ0n) is 9.18. The number of hydrogen-bond donors (Lipinski definition) is 1. The third-order valence-electron chi connectivity index (χ3n) is 2.42. The number of benzene rings is 2. The van der Waals surface area contributed by atoms with E-state index in [0.717, 1.165) is 19.3 Å². The summed E-state index contributed by atoms with van der Waals surface area (Å²) in [5.74, 6) is -0.230. The SMILES string of the molecule is Fc1ccc(NCc2ccc(Br)cc2Cl)c(I)c1. The molecule has 1 nitrogen and oxygen atoms in total. The lowest BCUT2D eigenvalue weighted by atomic mass is 10.2. The fourth-order valence-corrected chi connectivity index (χ4v) is 2.90. The first-order valence-corrected chi connectivity index (χ1v) is 7.44. The van der Waals surface area contributed by atoms with Crippen LogP contribution in [-0.4, -0.2) is 0 Å². The number of hydrogen-bond acceptors (Lipinski definition) is 1. The molecule has 0 bridgehead atoms. The van der Waals surface area contributed by atoms with Crippen LogP contribution in [0.5, 0.6) is 0 Å². The van der Waals surface area contributed by atoms with E-state index in [-0.39, 0.29) is 5.82 Å². The van der Waals surface area contributed by atoms with E-state index in [1.54, 1.807) is 6.07 Å². The van der Waals surface area contributed by atoms with Gasteiger partial charge in [-0.2, -0.15) is 0 Å². The topological polar surface area (TPSA) is 12.0 Å². The predicted octanol–water partition coefficient (Wildman–Crippen LogP) is 5.46.